The van der Waals surface area contributed by atoms with Crippen LogP contribution in [0.3, 0.4) is 0 Å². The molecule has 1 N–H and O–H groups in total. The van der Waals surface area contributed by atoms with E-state index in [1.54, 1.807) is 54.7 Å². The smallest absolute Gasteiger partial charge is 0.336 e. The summed E-state index contributed by atoms with van der Waals surface area (Å²) in [5, 5.41) is 10.2. The van der Waals surface area contributed by atoms with Crippen LogP contribution in [-0.2, 0) is 11.2 Å². The van der Waals surface area contributed by atoms with E-state index in [0.29, 0.717) is 39.5 Å². The van der Waals surface area contributed by atoms with Crippen molar-refractivity contribution in [2.24, 2.45) is 0 Å². The molecule has 0 amide bonds. The first-order valence-electron chi connectivity index (χ1n) is 10.2. The number of benzene rings is 2. The monoisotopic (exact) mass is 475 g/mol. The van der Waals surface area contributed by atoms with Crippen LogP contribution in [0.1, 0.15) is 21.5 Å². The lowest BCUT2D eigenvalue weighted by Crippen LogP contribution is -2.14. The van der Waals surface area contributed by atoms with Crippen LogP contribution in [0.25, 0.3) is 16.6 Å². The van der Waals surface area contributed by atoms with E-state index in [4.69, 9.17) is 14.2 Å². The van der Waals surface area contributed by atoms with Crippen LogP contribution in [0.4, 0.5) is 0 Å². The van der Waals surface area contributed by atoms with Gasteiger partial charge in [0.05, 0.1) is 24.4 Å². The van der Waals surface area contributed by atoms with Gasteiger partial charge in [-0.3, -0.25) is 4.79 Å². The molecule has 0 unspecified atom stereocenters. The van der Waals surface area contributed by atoms with Gasteiger partial charge in [0.25, 0.3) is 0 Å². The second-order valence-electron chi connectivity index (χ2n) is 7.41. The molecular weight excluding hydrogens is 458 g/mol. The van der Waals surface area contributed by atoms with Crippen molar-refractivity contribution in [1.82, 2.24) is 13.7 Å². The number of carbonyl (C=O) groups is 2. The number of hydrogen-bond acceptors (Lipinski definition) is 9. The second kappa shape index (κ2) is 8.91. The Balaban J connectivity index is 1.66. The Bertz CT molecular complexity index is 1440. The molecule has 0 saturated heterocycles. The molecule has 0 saturated carbocycles. The number of aliphatic carboxylic acids is 1. The normalized spacial score (nSPS) is 13.0. The zero-order chi connectivity index (χ0) is 23.7. The number of aromatic nitrogens is 3. The van der Waals surface area contributed by atoms with Crippen LogP contribution in [0.2, 0.25) is 0 Å². The minimum Gasteiger partial charge on any atom is -0.481 e. The quantitative estimate of drug-likeness (QED) is 0.314. The number of hydrogen-bond donors (Lipinski definition) is 1. The number of nitrogens with zero attached hydrogens (tertiary/aromatic N) is 3. The van der Waals surface area contributed by atoms with Crippen LogP contribution in [0, 0.1) is 0 Å². The highest BCUT2D eigenvalue weighted by Crippen LogP contribution is 2.34. The average Bonchev–Trinajstić information content (AvgIpc) is 3.52. The van der Waals surface area contributed by atoms with Gasteiger partial charge in [-0.15, -0.1) is 0 Å². The van der Waals surface area contributed by atoms with E-state index < -0.39 is 11.8 Å². The molecule has 4 aromatic rings. The second-order valence-corrected chi connectivity index (χ2v) is 7.94. The molecule has 0 fully saturated rings. The highest BCUT2D eigenvalue weighted by atomic mass is 32.1. The number of fused-ring (bicyclic) bond motifs is 2. The number of pyridine rings is 1. The van der Waals surface area contributed by atoms with Crippen molar-refractivity contribution in [3.8, 4) is 17.4 Å². The lowest BCUT2D eigenvalue weighted by atomic mass is 9.89. The molecule has 34 heavy (non-hydrogen) atoms. The number of carbonyl (C=O) groups excluding carboxylic acids is 1. The number of ketones is 1. The standard InChI is InChI=1S/C24H17N3O6S/c1-31-21-7-2-13(11-25-21)8-16(23(28)15-4-6-19-20(10-15)33-12-32-19)22(24(29)30)14-3-5-17-18(9-14)27-34-26-17/h2-7,9-11H,8,12H2,1H3,(H,29,30). The number of methoxy groups -OCH3 is 1. The van der Waals surface area contributed by atoms with E-state index in [9.17, 15) is 14.7 Å². The fourth-order valence-electron chi connectivity index (χ4n) is 3.70. The topological polar surface area (TPSA) is 121 Å². The summed E-state index contributed by atoms with van der Waals surface area (Å²) < 4.78 is 24.2. The largest absolute Gasteiger partial charge is 0.481 e. The van der Waals surface area contributed by atoms with Crippen LogP contribution in [0.15, 0.2) is 60.3 Å². The molecule has 1 aliphatic rings. The minimum atomic E-state index is -1.23. The number of carboxylic acid groups (broad SMARTS) is 1. The molecule has 0 bridgehead atoms. The van der Waals surface area contributed by atoms with E-state index in [-0.39, 0.29) is 29.9 Å². The maximum atomic E-state index is 13.7. The van der Waals surface area contributed by atoms with Gasteiger partial charge in [0.2, 0.25) is 12.7 Å². The molecule has 2 aromatic carbocycles. The molecule has 0 aliphatic carbocycles. The van der Waals surface area contributed by atoms with Crippen molar-refractivity contribution in [2.45, 2.75) is 6.42 Å². The first kappa shape index (κ1) is 21.5. The third-order valence-corrected chi connectivity index (χ3v) is 5.91. The van der Waals surface area contributed by atoms with Gasteiger partial charge < -0.3 is 19.3 Å². The molecule has 1 aliphatic heterocycles. The van der Waals surface area contributed by atoms with Gasteiger partial charge in [-0.1, -0.05) is 12.1 Å². The number of Topliss-reactive ketones (excluding diaryl/α,β-unsaturated/α-hetero) is 1. The molecule has 2 aromatic heterocycles. The van der Waals surface area contributed by atoms with E-state index >= 15 is 0 Å². The van der Waals surface area contributed by atoms with Crippen molar-refractivity contribution in [2.75, 3.05) is 13.9 Å². The maximum absolute atomic E-state index is 13.7. The third-order valence-electron chi connectivity index (χ3n) is 5.35. The summed E-state index contributed by atoms with van der Waals surface area (Å²) in [5.74, 6) is -0.294. The zero-order valence-electron chi connectivity index (χ0n) is 17.8. The lowest BCUT2D eigenvalue weighted by Gasteiger charge is -2.13. The van der Waals surface area contributed by atoms with Gasteiger partial charge in [-0.05, 0) is 41.5 Å². The number of carboxylic acids is 1. The van der Waals surface area contributed by atoms with Crippen LogP contribution in [0.5, 0.6) is 17.4 Å². The van der Waals surface area contributed by atoms with Crippen molar-refractivity contribution < 1.29 is 28.9 Å². The summed E-state index contributed by atoms with van der Waals surface area (Å²) in [5.41, 5.74) is 2.49. The Morgan fingerprint density at radius 3 is 2.56 bits per heavy atom. The number of allylic oxidation sites excluding steroid dienone is 1. The van der Waals surface area contributed by atoms with Crippen molar-refractivity contribution in [1.29, 1.82) is 0 Å². The van der Waals surface area contributed by atoms with Crippen LogP contribution < -0.4 is 14.2 Å². The molecule has 5 rings (SSSR count). The van der Waals surface area contributed by atoms with Gasteiger partial charge in [0.1, 0.15) is 11.0 Å². The summed E-state index contributed by atoms with van der Waals surface area (Å²) in [6.07, 6.45) is 1.60. The fourth-order valence-corrected chi connectivity index (χ4v) is 4.22. The summed E-state index contributed by atoms with van der Waals surface area (Å²) in [6.45, 7) is 0.0647. The Morgan fingerprint density at radius 2 is 1.79 bits per heavy atom. The highest BCUT2D eigenvalue weighted by molar-refractivity contribution is 7.00. The zero-order valence-corrected chi connectivity index (χ0v) is 18.7. The SMILES string of the molecule is COc1ccc(CC(C(=O)c2ccc3c(c2)OCO3)=C(C(=O)O)c2ccc3nsnc3c2)cn1. The third kappa shape index (κ3) is 4.06. The molecule has 10 heteroatoms. The van der Waals surface area contributed by atoms with E-state index in [1.807, 2.05) is 0 Å². The number of rotatable bonds is 7. The average molecular weight is 475 g/mol. The fraction of sp³-hybridized carbons (Fsp3) is 0.125. The predicted molar refractivity (Wildman–Crippen MR) is 123 cm³/mol. The first-order valence-corrected chi connectivity index (χ1v) is 10.9. The van der Waals surface area contributed by atoms with Gasteiger partial charge in [0, 0.05) is 29.8 Å². The van der Waals surface area contributed by atoms with Crippen molar-refractivity contribution in [3.05, 3.63) is 77.0 Å². The highest BCUT2D eigenvalue weighted by Gasteiger charge is 2.26. The predicted octanol–water partition coefficient (Wildman–Crippen LogP) is 3.79. The van der Waals surface area contributed by atoms with Crippen molar-refractivity contribution in [3.63, 3.8) is 0 Å². The van der Waals surface area contributed by atoms with E-state index in [1.165, 1.54) is 7.11 Å². The molecule has 0 spiro atoms. The first-order chi connectivity index (χ1) is 16.5. The van der Waals surface area contributed by atoms with Gasteiger partial charge >= 0.3 is 5.97 Å². The van der Waals surface area contributed by atoms with Crippen LogP contribution in [-0.4, -0.2) is 44.5 Å². The summed E-state index contributed by atoms with van der Waals surface area (Å²) in [6, 6.07) is 13.1. The molecule has 170 valence electrons. The summed E-state index contributed by atoms with van der Waals surface area (Å²) >= 11 is 1.03. The molecule has 0 radical (unpaired) electrons. The Kier molecular flexibility index (Phi) is 5.64. The Morgan fingerprint density at radius 1 is 1.00 bits per heavy atom. The van der Waals surface area contributed by atoms with Gasteiger partial charge in [0.15, 0.2) is 17.3 Å². The van der Waals surface area contributed by atoms with Crippen LogP contribution >= 0.6 is 11.7 Å². The molecule has 3 heterocycles. The van der Waals surface area contributed by atoms with E-state index in [0.717, 1.165) is 11.7 Å². The van der Waals surface area contributed by atoms with E-state index in [2.05, 4.69) is 13.7 Å². The minimum absolute atomic E-state index is 0.0409. The molecular formula is C24H17N3O6S. The summed E-state index contributed by atoms with van der Waals surface area (Å²) in [4.78, 5) is 30.4. The van der Waals surface area contributed by atoms with Crippen molar-refractivity contribution >= 4 is 40.1 Å². The maximum Gasteiger partial charge on any atom is 0.336 e. The molecule has 9 nitrogen and oxygen atoms in total. The van der Waals surface area contributed by atoms with Gasteiger partial charge in [-0.25, -0.2) is 9.78 Å². The number of ether oxygens (including phenoxy) is 3. The summed E-state index contributed by atoms with van der Waals surface area (Å²) in [7, 11) is 1.50. The Labute approximate surface area is 197 Å². The Hall–Kier alpha value is -4.31. The van der Waals surface area contributed by atoms with Gasteiger partial charge in [-0.2, -0.15) is 8.75 Å². The lowest BCUT2D eigenvalue weighted by molar-refractivity contribution is -0.130. The molecule has 0 atom stereocenters.